The fraction of sp³-hybridized carbons (Fsp3) is 0.875. The van der Waals surface area contributed by atoms with Gasteiger partial charge >= 0.3 is 0 Å². The number of hydrogen-bond donors (Lipinski definition) is 3. The van der Waals surface area contributed by atoms with Gasteiger partial charge in [0.15, 0.2) is 0 Å². The minimum atomic E-state index is 0.353. The van der Waals surface area contributed by atoms with Crippen LogP contribution in [-0.4, -0.2) is 12.0 Å². The number of aliphatic imine (C=N–C) groups is 1. The van der Waals surface area contributed by atoms with Gasteiger partial charge in [-0.05, 0) is 24.7 Å². The van der Waals surface area contributed by atoms with Crippen LogP contribution in [0.5, 0.6) is 0 Å². The molecule has 0 heterocycles. The van der Waals surface area contributed by atoms with E-state index in [1.165, 1.54) is 12.8 Å². The van der Waals surface area contributed by atoms with Crippen molar-refractivity contribution in [2.75, 3.05) is 0 Å². The molecule has 4 nitrogen and oxygen atoms in total. The van der Waals surface area contributed by atoms with Gasteiger partial charge in [0.2, 0.25) is 5.96 Å². The molecule has 0 aromatic rings. The highest BCUT2D eigenvalue weighted by Crippen LogP contribution is 2.38. The first-order chi connectivity index (χ1) is 5.63. The molecule has 4 heteroatoms. The van der Waals surface area contributed by atoms with Crippen molar-refractivity contribution < 1.29 is 0 Å². The molecular formula is C8H18N4. The third kappa shape index (κ3) is 2.70. The molecule has 2 unspecified atom stereocenters. The van der Waals surface area contributed by atoms with E-state index in [1.54, 1.807) is 0 Å². The monoisotopic (exact) mass is 170 g/mol. The lowest BCUT2D eigenvalue weighted by Crippen LogP contribution is -2.37. The van der Waals surface area contributed by atoms with E-state index in [-0.39, 0.29) is 0 Å². The minimum Gasteiger partial charge on any atom is -0.369 e. The summed E-state index contributed by atoms with van der Waals surface area (Å²) in [6.07, 6.45) is 2.41. The van der Waals surface area contributed by atoms with Crippen LogP contribution in [-0.2, 0) is 0 Å². The van der Waals surface area contributed by atoms with Gasteiger partial charge in [-0.15, -0.1) is 0 Å². The molecule has 0 amide bonds. The smallest absolute Gasteiger partial charge is 0.203 e. The number of hydrazine groups is 1. The Morgan fingerprint density at radius 1 is 1.67 bits per heavy atom. The van der Waals surface area contributed by atoms with Crippen LogP contribution in [0.2, 0.25) is 0 Å². The summed E-state index contributed by atoms with van der Waals surface area (Å²) < 4.78 is 0. The average Bonchev–Trinajstić information content (AvgIpc) is 2.66. The van der Waals surface area contributed by atoms with Gasteiger partial charge in [-0.3, -0.25) is 5.43 Å². The number of guanidine groups is 1. The molecule has 1 rings (SSSR count). The van der Waals surface area contributed by atoms with Crippen molar-refractivity contribution in [3.05, 3.63) is 0 Å². The summed E-state index contributed by atoms with van der Waals surface area (Å²) in [5.74, 6) is 6.93. The number of nitrogens with two attached hydrogens (primary N) is 2. The molecule has 5 N–H and O–H groups in total. The van der Waals surface area contributed by atoms with Gasteiger partial charge < -0.3 is 5.73 Å². The first-order valence-electron chi connectivity index (χ1n) is 4.43. The largest absolute Gasteiger partial charge is 0.369 e. The third-order valence-electron chi connectivity index (χ3n) is 2.11. The molecule has 0 aromatic heterocycles. The number of nitrogens with one attached hydrogen (secondary N) is 1. The lowest BCUT2D eigenvalue weighted by molar-refractivity contribution is 0.531. The Morgan fingerprint density at radius 3 is 2.83 bits per heavy atom. The highest BCUT2D eigenvalue weighted by molar-refractivity contribution is 5.77. The summed E-state index contributed by atoms with van der Waals surface area (Å²) in [5, 5.41) is 0. The van der Waals surface area contributed by atoms with Crippen LogP contribution in [0.3, 0.4) is 0 Å². The summed E-state index contributed by atoms with van der Waals surface area (Å²) in [6.45, 7) is 4.45. The van der Waals surface area contributed by atoms with Crippen LogP contribution >= 0.6 is 0 Å². The fourth-order valence-electron chi connectivity index (χ4n) is 1.46. The lowest BCUT2D eigenvalue weighted by Gasteiger charge is -2.01. The molecule has 0 spiro atoms. The maximum Gasteiger partial charge on any atom is 0.203 e. The lowest BCUT2D eigenvalue weighted by atomic mass is 10.1. The van der Waals surface area contributed by atoms with E-state index in [1.807, 2.05) is 0 Å². The zero-order valence-electron chi connectivity index (χ0n) is 7.75. The van der Waals surface area contributed by atoms with Crippen LogP contribution in [0.4, 0.5) is 0 Å². The third-order valence-corrected chi connectivity index (χ3v) is 2.11. The van der Waals surface area contributed by atoms with Crippen molar-refractivity contribution in [3.8, 4) is 0 Å². The van der Waals surface area contributed by atoms with Gasteiger partial charge in [-0.1, -0.05) is 13.8 Å². The molecule has 1 aliphatic rings. The first kappa shape index (κ1) is 9.32. The second-order valence-electron chi connectivity index (χ2n) is 3.85. The molecule has 0 bridgehead atoms. The van der Waals surface area contributed by atoms with Crippen molar-refractivity contribution in [1.82, 2.24) is 5.43 Å². The quantitative estimate of drug-likeness (QED) is 0.245. The molecular weight excluding hydrogens is 152 g/mol. The van der Waals surface area contributed by atoms with Gasteiger partial charge in [-0.2, -0.15) is 0 Å². The van der Waals surface area contributed by atoms with Crippen LogP contribution in [0.15, 0.2) is 4.99 Å². The van der Waals surface area contributed by atoms with Crippen molar-refractivity contribution >= 4 is 5.96 Å². The highest BCUT2D eigenvalue weighted by Gasteiger charge is 2.37. The van der Waals surface area contributed by atoms with Gasteiger partial charge in [0.1, 0.15) is 0 Å². The first-order valence-corrected chi connectivity index (χ1v) is 4.43. The Kier molecular flexibility index (Phi) is 2.92. The van der Waals surface area contributed by atoms with E-state index in [0.29, 0.717) is 12.0 Å². The van der Waals surface area contributed by atoms with E-state index in [2.05, 4.69) is 24.3 Å². The van der Waals surface area contributed by atoms with Crippen molar-refractivity contribution in [1.29, 1.82) is 0 Å². The summed E-state index contributed by atoms with van der Waals surface area (Å²) in [7, 11) is 0. The van der Waals surface area contributed by atoms with E-state index < -0.39 is 0 Å². The Labute approximate surface area is 73.4 Å². The molecule has 0 aliphatic heterocycles. The van der Waals surface area contributed by atoms with Crippen molar-refractivity contribution in [2.24, 2.45) is 28.4 Å². The van der Waals surface area contributed by atoms with Gasteiger partial charge in [-0.25, -0.2) is 10.8 Å². The standard InChI is InChI=1S/C8H18N4/c1-5(2)3-6-4-7(6)11-8(9)12-10/h5-7H,3-4,10H2,1-2H3,(H3,9,11,12). The molecule has 0 aromatic carbocycles. The second kappa shape index (κ2) is 3.76. The number of nitrogens with zero attached hydrogens (tertiary/aromatic N) is 1. The van der Waals surface area contributed by atoms with Crippen LogP contribution in [0, 0.1) is 11.8 Å². The predicted molar refractivity (Wildman–Crippen MR) is 50.3 cm³/mol. The van der Waals surface area contributed by atoms with Crippen molar-refractivity contribution in [2.45, 2.75) is 32.7 Å². The van der Waals surface area contributed by atoms with Gasteiger partial charge in [0.25, 0.3) is 0 Å². The zero-order chi connectivity index (χ0) is 9.14. The van der Waals surface area contributed by atoms with Gasteiger partial charge in [0.05, 0.1) is 6.04 Å². The minimum absolute atomic E-state index is 0.353. The number of hydrogen-bond acceptors (Lipinski definition) is 2. The maximum atomic E-state index is 5.42. The normalized spacial score (nSPS) is 29.2. The van der Waals surface area contributed by atoms with Gasteiger partial charge in [0, 0.05) is 0 Å². The molecule has 70 valence electrons. The molecule has 1 saturated carbocycles. The molecule has 12 heavy (non-hydrogen) atoms. The number of rotatable bonds is 3. The second-order valence-corrected chi connectivity index (χ2v) is 3.85. The predicted octanol–water partition coefficient (Wildman–Crippen LogP) is 0.199. The fourth-order valence-corrected chi connectivity index (χ4v) is 1.46. The maximum absolute atomic E-state index is 5.42. The summed E-state index contributed by atoms with van der Waals surface area (Å²) in [6, 6.07) is 0.420. The Balaban J connectivity index is 2.24. The SMILES string of the molecule is CC(C)CC1CC1N=C(N)NN. The Morgan fingerprint density at radius 2 is 2.33 bits per heavy atom. The van der Waals surface area contributed by atoms with E-state index in [9.17, 15) is 0 Å². The Hall–Kier alpha value is -0.770. The van der Waals surface area contributed by atoms with Crippen molar-refractivity contribution in [3.63, 3.8) is 0 Å². The average molecular weight is 170 g/mol. The molecule has 1 fully saturated rings. The molecule has 0 radical (unpaired) electrons. The summed E-state index contributed by atoms with van der Waals surface area (Å²) in [5.41, 5.74) is 7.76. The van der Waals surface area contributed by atoms with Crippen LogP contribution < -0.4 is 17.0 Å². The van der Waals surface area contributed by atoms with Crippen LogP contribution in [0.25, 0.3) is 0 Å². The molecule has 1 aliphatic carbocycles. The topological polar surface area (TPSA) is 76.4 Å². The van der Waals surface area contributed by atoms with E-state index >= 15 is 0 Å². The molecule has 2 atom stereocenters. The van der Waals surface area contributed by atoms with Crippen LogP contribution in [0.1, 0.15) is 26.7 Å². The Bertz CT molecular complexity index is 176. The zero-order valence-corrected chi connectivity index (χ0v) is 7.75. The van der Waals surface area contributed by atoms with E-state index in [0.717, 1.165) is 11.8 Å². The molecule has 0 saturated heterocycles. The van der Waals surface area contributed by atoms with E-state index in [4.69, 9.17) is 11.6 Å². The summed E-state index contributed by atoms with van der Waals surface area (Å²) >= 11 is 0. The highest BCUT2D eigenvalue weighted by atomic mass is 15.3. The summed E-state index contributed by atoms with van der Waals surface area (Å²) in [4.78, 5) is 4.20.